The molecule has 1 N–H and O–H groups in total. The Morgan fingerprint density at radius 1 is 1.50 bits per heavy atom. The molecule has 1 aromatic rings. The molecular formula is C9H9NO2. The summed E-state index contributed by atoms with van der Waals surface area (Å²) in [5.41, 5.74) is 1.11. The summed E-state index contributed by atoms with van der Waals surface area (Å²) in [6, 6.07) is 6.92. The van der Waals surface area contributed by atoms with E-state index in [0.717, 1.165) is 0 Å². The number of isocyanates is 1. The summed E-state index contributed by atoms with van der Waals surface area (Å²) in [5, 5.41) is 9.24. The number of hydrogen-bond donors (Lipinski definition) is 1. The third kappa shape index (κ3) is 1.78. The summed E-state index contributed by atoms with van der Waals surface area (Å²) in [7, 11) is 0. The van der Waals surface area contributed by atoms with E-state index in [1.807, 2.05) is 0 Å². The van der Waals surface area contributed by atoms with Crippen LogP contribution in [0.15, 0.2) is 29.3 Å². The van der Waals surface area contributed by atoms with Crippen molar-refractivity contribution in [1.82, 2.24) is 0 Å². The molecule has 0 saturated carbocycles. The standard InChI is InChI=1S/C9H9NO2/c1-7(12)8-4-2-3-5-9(8)10-6-11/h2-5,7,12H,1H3. The van der Waals surface area contributed by atoms with Gasteiger partial charge >= 0.3 is 0 Å². The number of hydrogen-bond acceptors (Lipinski definition) is 3. The van der Waals surface area contributed by atoms with Crippen LogP contribution in [0.4, 0.5) is 5.69 Å². The summed E-state index contributed by atoms with van der Waals surface area (Å²) in [4.78, 5) is 13.4. The van der Waals surface area contributed by atoms with Crippen molar-refractivity contribution in [3.8, 4) is 0 Å². The van der Waals surface area contributed by atoms with Gasteiger partial charge in [0.15, 0.2) is 0 Å². The maximum absolute atomic E-state index is 9.98. The summed E-state index contributed by atoms with van der Waals surface area (Å²) >= 11 is 0. The summed E-state index contributed by atoms with van der Waals surface area (Å²) < 4.78 is 0. The van der Waals surface area contributed by atoms with Crippen LogP contribution < -0.4 is 0 Å². The maximum atomic E-state index is 9.98. The van der Waals surface area contributed by atoms with Crippen molar-refractivity contribution < 1.29 is 9.90 Å². The van der Waals surface area contributed by atoms with E-state index in [1.165, 1.54) is 6.08 Å². The highest BCUT2D eigenvalue weighted by Gasteiger charge is 2.04. The third-order valence-electron chi connectivity index (χ3n) is 1.55. The molecule has 12 heavy (non-hydrogen) atoms. The first kappa shape index (κ1) is 8.65. The van der Waals surface area contributed by atoms with E-state index < -0.39 is 6.10 Å². The average molecular weight is 163 g/mol. The molecule has 62 valence electrons. The lowest BCUT2D eigenvalue weighted by atomic mass is 10.1. The molecule has 1 aromatic carbocycles. The van der Waals surface area contributed by atoms with E-state index in [-0.39, 0.29) is 0 Å². The molecule has 1 rings (SSSR count). The Morgan fingerprint density at radius 2 is 2.17 bits per heavy atom. The van der Waals surface area contributed by atoms with Crippen LogP contribution in [0, 0.1) is 0 Å². The Morgan fingerprint density at radius 3 is 2.75 bits per heavy atom. The topological polar surface area (TPSA) is 49.7 Å². The molecule has 0 fully saturated rings. The van der Waals surface area contributed by atoms with Gasteiger partial charge in [-0.25, -0.2) is 4.79 Å². The zero-order valence-corrected chi connectivity index (χ0v) is 6.69. The minimum atomic E-state index is -0.613. The average Bonchev–Trinajstić information content (AvgIpc) is 2.05. The van der Waals surface area contributed by atoms with Gasteiger partial charge in [-0.3, -0.25) is 0 Å². The second kappa shape index (κ2) is 3.81. The van der Waals surface area contributed by atoms with Crippen molar-refractivity contribution in [3.63, 3.8) is 0 Å². The molecule has 0 aliphatic carbocycles. The van der Waals surface area contributed by atoms with Gasteiger partial charge in [-0.1, -0.05) is 18.2 Å². The molecule has 3 heteroatoms. The van der Waals surface area contributed by atoms with Crippen LogP contribution in [0.3, 0.4) is 0 Å². The molecule has 0 spiro atoms. The van der Waals surface area contributed by atoms with Gasteiger partial charge in [0.05, 0.1) is 11.8 Å². The molecule has 0 saturated heterocycles. The van der Waals surface area contributed by atoms with E-state index in [2.05, 4.69) is 4.99 Å². The van der Waals surface area contributed by atoms with Gasteiger partial charge in [0.1, 0.15) is 0 Å². The van der Waals surface area contributed by atoms with Crippen molar-refractivity contribution in [2.45, 2.75) is 13.0 Å². The number of para-hydroxylation sites is 1. The molecule has 0 heterocycles. The lowest BCUT2D eigenvalue weighted by molar-refractivity contribution is 0.200. The molecule has 0 aromatic heterocycles. The Balaban J connectivity index is 3.17. The van der Waals surface area contributed by atoms with Gasteiger partial charge in [0, 0.05) is 5.56 Å². The minimum Gasteiger partial charge on any atom is -0.389 e. The largest absolute Gasteiger partial charge is 0.389 e. The van der Waals surface area contributed by atoms with Crippen molar-refractivity contribution in [3.05, 3.63) is 29.8 Å². The minimum absolute atomic E-state index is 0.475. The molecule has 3 nitrogen and oxygen atoms in total. The van der Waals surface area contributed by atoms with E-state index in [4.69, 9.17) is 0 Å². The highest BCUT2D eigenvalue weighted by atomic mass is 16.3. The monoisotopic (exact) mass is 163 g/mol. The number of nitrogens with zero attached hydrogens (tertiary/aromatic N) is 1. The molecule has 0 bridgehead atoms. The Hall–Kier alpha value is -1.44. The van der Waals surface area contributed by atoms with Gasteiger partial charge in [0.25, 0.3) is 0 Å². The van der Waals surface area contributed by atoms with Crippen LogP contribution in [0.2, 0.25) is 0 Å². The van der Waals surface area contributed by atoms with Gasteiger partial charge in [-0.05, 0) is 13.0 Å². The molecule has 0 aliphatic heterocycles. The van der Waals surface area contributed by atoms with Crippen molar-refractivity contribution >= 4 is 11.8 Å². The number of aliphatic hydroxyl groups excluding tert-OH is 1. The highest BCUT2D eigenvalue weighted by molar-refractivity contribution is 5.54. The van der Waals surface area contributed by atoms with Crippen molar-refractivity contribution in [2.75, 3.05) is 0 Å². The van der Waals surface area contributed by atoms with Crippen molar-refractivity contribution in [2.24, 2.45) is 4.99 Å². The van der Waals surface area contributed by atoms with Gasteiger partial charge in [-0.15, -0.1) is 0 Å². The van der Waals surface area contributed by atoms with Gasteiger partial charge in [0.2, 0.25) is 6.08 Å². The lowest BCUT2D eigenvalue weighted by Crippen LogP contribution is -1.90. The fourth-order valence-electron chi connectivity index (χ4n) is 0.992. The lowest BCUT2D eigenvalue weighted by Gasteiger charge is -2.05. The number of carbonyl (C=O) groups excluding carboxylic acids is 1. The number of aliphatic hydroxyl groups is 1. The molecule has 0 amide bonds. The van der Waals surface area contributed by atoms with Crippen molar-refractivity contribution in [1.29, 1.82) is 0 Å². The van der Waals surface area contributed by atoms with Gasteiger partial charge in [-0.2, -0.15) is 4.99 Å². The quantitative estimate of drug-likeness (QED) is 0.533. The highest BCUT2D eigenvalue weighted by Crippen LogP contribution is 2.23. The molecule has 0 aliphatic rings. The maximum Gasteiger partial charge on any atom is 0.240 e. The smallest absolute Gasteiger partial charge is 0.240 e. The van der Waals surface area contributed by atoms with Gasteiger partial charge < -0.3 is 5.11 Å². The Labute approximate surface area is 70.4 Å². The second-order valence-corrected chi connectivity index (χ2v) is 2.44. The number of benzene rings is 1. The van der Waals surface area contributed by atoms with Crippen LogP contribution in [0.5, 0.6) is 0 Å². The van der Waals surface area contributed by atoms with E-state index in [1.54, 1.807) is 31.2 Å². The Kier molecular flexibility index (Phi) is 2.75. The molecule has 1 unspecified atom stereocenters. The first-order valence-corrected chi connectivity index (χ1v) is 3.60. The summed E-state index contributed by atoms with van der Waals surface area (Å²) in [6.45, 7) is 1.62. The SMILES string of the molecule is CC(O)c1ccccc1N=C=O. The Bertz CT molecular complexity index is 314. The normalized spacial score (nSPS) is 11.8. The summed E-state index contributed by atoms with van der Waals surface area (Å²) in [5.74, 6) is 0. The van der Waals surface area contributed by atoms with Crippen LogP contribution in [0.1, 0.15) is 18.6 Å². The zero-order chi connectivity index (χ0) is 8.97. The second-order valence-electron chi connectivity index (χ2n) is 2.44. The van der Waals surface area contributed by atoms with Crippen LogP contribution >= 0.6 is 0 Å². The van der Waals surface area contributed by atoms with E-state index in [9.17, 15) is 9.90 Å². The summed E-state index contributed by atoms with van der Waals surface area (Å²) in [6.07, 6.45) is 0.830. The predicted molar refractivity (Wildman–Crippen MR) is 44.9 cm³/mol. The first-order valence-electron chi connectivity index (χ1n) is 3.60. The fourth-order valence-corrected chi connectivity index (χ4v) is 0.992. The van der Waals surface area contributed by atoms with Crippen LogP contribution in [-0.4, -0.2) is 11.2 Å². The number of rotatable bonds is 2. The third-order valence-corrected chi connectivity index (χ3v) is 1.55. The van der Waals surface area contributed by atoms with Crippen LogP contribution in [-0.2, 0) is 4.79 Å². The first-order chi connectivity index (χ1) is 5.75. The van der Waals surface area contributed by atoms with E-state index in [0.29, 0.717) is 11.3 Å². The fraction of sp³-hybridized carbons (Fsp3) is 0.222. The number of aliphatic imine (C=N–C) groups is 1. The van der Waals surface area contributed by atoms with E-state index >= 15 is 0 Å². The zero-order valence-electron chi connectivity index (χ0n) is 6.69. The molecule has 1 atom stereocenters. The molecule has 0 radical (unpaired) electrons. The molecular weight excluding hydrogens is 154 g/mol. The predicted octanol–water partition coefficient (Wildman–Crippen LogP) is 1.71. The van der Waals surface area contributed by atoms with Crippen LogP contribution in [0.25, 0.3) is 0 Å².